The van der Waals surface area contributed by atoms with Crippen molar-refractivity contribution in [1.82, 2.24) is 4.90 Å². The van der Waals surface area contributed by atoms with Crippen LogP contribution in [0, 0.1) is 11.3 Å². The molecule has 0 bridgehead atoms. The molecule has 0 saturated carbocycles. The van der Waals surface area contributed by atoms with Crippen molar-refractivity contribution >= 4 is 17.0 Å². The lowest BCUT2D eigenvalue weighted by molar-refractivity contribution is 0.261. The maximum Gasteiger partial charge on any atom is 0.121 e. The minimum atomic E-state index is 0.674. The fraction of sp³-hybridized carbons (Fsp3) is 0.312. The van der Waals surface area contributed by atoms with E-state index in [1.807, 2.05) is 49.8 Å². The quantitative estimate of drug-likeness (QED) is 0.853. The molecule has 4 nitrogen and oxygen atoms in total. The Hall–Kier alpha value is -2.03. The SMILES string of the molecule is CN(C)CCOc1cccc(NCc2cc(C#N)cs2)c1. The van der Waals surface area contributed by atoms with Crippen molar-refractivity contribution in [2.24, 2.45) is 0 Å². The van der Waals surface area contributed by atoms with Gasteiger partial charge in [-0.05, 0) is 32.3 Å². The zero-order chi connectivity index (χ0) is 15.1. The van der Waals surface area contributed by atoms with Gasteiger partial charge in [-0.3, -0.25) is 0 Å². The molecule has 0 amide bonds. The highest BCUT2D eigenvalue weighted by atomic mass is 32.1. The van der Waals surface area contributed by atoms with Crippen LogP contribution in [0.25, 0.3) is 0 Å². The summed E-state index contributed by atoms with van der Waals surface area (Å²) in [6.45, 7) is 2.28. The highest BCUT2D eigenvalue weighted by molar-refractivity contribution is 7.10. The van der Waals surface area contributed by atoms with Crippen LogP contribution in [0.2, 0.25) is 0 Å². The molecule has 0 spiro atoms. The molecule has 0 aliphatic heterocycles. The van der Waals surface area contributed by atoms with Gasteiger partial charge in [0.05, 0.1) is 5.56 Å². The molecule has 1 aromatic heterocycles. The normalized spacial score (nSPS) is 10.4. The third-order valence-electron chi connectivity index (χ3n) is 2.89. The van der Waals surface area contributed by atoms with Crippen LogP contribution in [0.1, 0.15) is 10.4 Å². The number of hydrogen-bond donors (Lipinski definition) is 1. The Labute approximate surface area is 129 Å². The lowest BCUT2D eigenvalue weighted by Gasteiger charge is -2.12. The van der Waals surface area contributed by atoms with Gasteiger partial charge in [-0.1, -0.05) is 6.07 Å². The van der Waals surface area contributed by atoms with Gasteiger partial charge in [0.25, 0.3) is 0 Å². The summed E-state index contributed by atoms with van der Waals surface area (Å²) in [7, 11) is 4.05. The lowest BCUT2D eigenvalue weighted by atomic mass is 10.3. The van der Waals surface area contributed by atoms with Gasteiger partial charge in [0.1, 0.15) is 18.4 Å². The predicted octanol–water partition coefficient (Wildman–Crippen LogP) is 3.17. The first-order chi connectivity index (χ1) is 10.2. The number of benzene rings is 1. The third kappa shape index (κ3) is 5.10. The van der Waals surface area contributed by atoms with Crippen LogP contribution in [-0.4, -0.2) is 32.1 Å². The second kappa shape index (κ2) is 7.67. The number of nitrogens with zero attached hydrogens (tertiary/aromatic N) is 2. The van der Waals surface area contributed by atoms with Gasteiger partial charge in [-0.2, -0.15) is 5.26 Å². The molecule has 2 rings (SSSR count). The van der Waals surface area contributed by atoms with Gasteiger partial charge in [0.2, 0.25) is 0 Å². The van der Waals surface area contributed by atoms with E-state index in [2.05, 4.69) is 16.3 Å². The van der Waals surface area contributed by atoms with Gasteiger partial charge >= 0.3 is 0 Å². The molecule has 0 aliphatic carbocycles. The molecule has 0 saturated heterocycles. The largest absolute Gasteiger partial charge is 0.492 e. The van der Waals surface area contributed by atoms with E-state index in [0.29, 0.717) is 13.2 Å². The molecular weight excluding hydrogens is 282 g/mol. The first-order valence-corrected chi connectivity index (χ1v) is 7.64. The van der Waals surface area contributed by atoms with E-state index in [-0.39, 0.29) is 0 Å². The molecule has 0 aliphatic rings. The molecule has 110 valence electrons. The number of nitriles is 1. The van der Waals surface area contributed by atoms with Crippen molar-refractivity contribution in [3.8, 4) is 11.8 Å². The maximum atomic E-state index is 8.81. The highest BCUT2D eigenvalue weighted by Crippen LogP contribution is 2.20. The molecular formula is C16H19N3OS. The minimum absolute atomic E-state index is 0.674. The van der Waals surface area contributed by atoms with E-state index >= 15 is 0 Å². The van der Waals surface area contributed by atoms with Crippen LogP contribution >= 0.6 is 11.3 Å². The fourth-order valence-electron chi connectivity index (χ4n) is 1.76. The Bertz CT molecular complexity index is 616. The van der Waals surface area contributed by atoms with E-state index in [0.717, 1.165) is 28.4 Å². The van der Waals surface area contributed by atoms with Crippen molar-refractivity contribution in [1.29, 1.82) is 5.26 Å². The molecule has 0 unspecified atom stereocenters. The van der Waals surface area contributed by atoms with Gasteiger partial charge in [-0.15, -0.1) is 11.3 Å². The van der Waals surface area contributed by atoms with E-state index in [9.17, 15) is 0 Å². The predicted molar refractivity (Wildman–Crippen MR) is 86.9 cm³/mol. The van der Waals surface area contributed by atoms with Gasteiger partial charge in [-0.25, -0.2) is 0 Å². The first kappa shape index (κ1) is 15.4. The number of likely N-dealkylation sites (N-methyl/N-ethyl adjacent to an activating group) is 1. The van der Waals surface area contributed by atoms with Crippen molar-refractivity contribution in [3.63, 3.8) is 0 Å². The van der Waals surface area contributed by atoms with Crippen LogP contribution in [0.5, 0.6) is 5.75 Å². The summed E-state index contributed by atoms with van der Waals surface area (Å²) in [6.07, 6.45) is 0. The molecule has 21 heavy (non-hydrogen) atoms. The summed E-state index contributed by atoms with van der Waals surface area (Å²) in [5.74, 6) is 0.866. The Kier molecular flexibility index (Phi) is 5.61. The molecule has 0 radical (unpaired) electrons. The maximum absolute atomic E-state index is 8.81. The topological polar surface area (TPSA) is 48.3 Å². The van der Waals surface area contributed by atoms with Crippen LogP contribution in [0.4, 0.5) is 5.69 Å². The van der Waals surface area contributed by atoms with Crippen LogP contribution < -0.4 is 10.1 Å². The lowest BCUT2D eigenvalue weighted by Crippen LogP contribution is -2.19. The van der Waals surface area contributed by atoms with Gasteiger partial charge < -0.3 is 15.0 Å². The van der Waals surface area contributed by atoms with Gasteiger partial charge in [0, 0.05) is 35.1 Å². The molecule has 1 aromatic carbocycles. The van der Waals surface area contributed by atoms with Crippen LogP contribution in [-0.2, 0) is 6.54 Å². The Balaban J connectivity index is 1.87. The average Bonchev–Trinajstić information content (AvgIpc) is 2.93. The average molecular weight is 301 g/mol. The van der Waals surface area contributed by atoms with Crippen LogP contribution in [0.3, 0.4) is 0 Å². The molecule has 1 N–H and O–H groups in total. The summed E-state index contributed by atoms with van der Waals surface area (Å²) < 4.78 is 5.71. The summed E-state index contributed by atoms with van der Waals surface area (Å²) in [4.78, 5) is 3.23. The number of thiophene rings is 1. The van der Waals surface area contributed by atoms with Crippen molar-refractivity contribution in [2.75, 3.05) is 32.6 Å². The smallest absolute Gasteiger partial charge is 0.121 e. The first-order valence-electron chi connectivity index (χ1n) is 6.76. The Morgan fingerprint density at radius 1 is 1.33 bits per heavy atom. The standard InChI is InChI=1S/C16H19N3OS/c1-19(2)6-7-20-15-5-3-4-14(9-15)18-11-16-8-13(10-17)12-21-16/h3-5,8-9,12,18H,6-7,11H2,1-2H3. The molecule has 2 aromatic rings. The molecule has 0 atom stereocenters. The summed E-state index contributed by atoms with van der Waals surface area (Å²) in [5.41, 5.74) is 1.74. The summed E-state index contributed by atoms with van der Waals surface area (Å²) in [5, 5.41) is 14.0. The number of nitrogens with one attached hydrogen (secondary N) is 1. The van der Waals surface area contributed by atoms with Crippen LogP contribution in [0.15, 0.2) is 35.7 Å². The number of rotatable bonds is 7. The fourth-order valence-corrected chi connectivity index (χ4v) is 2.51. The third-order valence-corrected chi connectivity index (χ3v) is 3.83. The zero-order valence-electron chi connectivity index (χ0n) is 12.3. The monoisotopic (exact) mass is 301 g/mol. The van der Waals surface area contributed by atoms with Crippen molar-refractivity contribution in [3.05, 3.63) is 46.2 Å². The number of hydrogen-bond acceptors (Lipinski definition) is 5. The van der Waals surface area contributed by atoms with E-state index < -0.39 is 0 Å². The van der Waals surface area contributed by atoms with E-state index in [1.54, 1.807) is 11.3 Å². The second-order valence-corrected chi connectivity index (χ2v) is 5.94. The second-order valence-electron chi connectivity index (χ2n) is 4.95. The van der Waals surface area contributed by atoms with Crippen molar-refractivity contribution < 1.29 is 4.74 Å². The van der Waals surface area contributed by atoms with E-state index in [1.165, 1.54) is 0 Å². The Morgan fingerprint density at radius 3 is 2.90 bits per heavy atom. The molecule has 0 fully saturated rings. The van der Waals surface area contributed by atoms with Crippen molar-refractivity contribution in [2.45, 2.75) is 6.54 Å². The zero-order valence-corrected chi connectivity index (χ0v) is 13.1. The minimum Gasteiger partial charge on any atom is -0.492 e. The molecule has 5 heteroatoms. The number of ether oxygens (including phenoxy) is 1. The number of anilines is 1. The molecule has 1 heterocycles. The summed E-state index contributed by atoms with van der Waals surface area (Å²) in [6, 6.07) is 12.0. The summed E-state index contributed by atoms with van der Waals surface area (Å²) >= 11 is 1.59. The Morgan fingerprint density at radius 2 is 2.19 bits per heavy atom. The van der Waals surface area contributed by atoms with Gasteiger partial charge in [0.15, 0.2) is 0 Å². The van der Waals surface area contributed by atoms with E-state index in [4.69, 9.17) is 10.00 Å². The highest BCUT2D eigenvalue weighted by Gasteiger charge is 2.01.